The number of hydrogen-bond donors (Lipinski definition) is 1. The van der Waals surface area contributed by atoms with Gasteiger partial charge in [-0.25, -0.2) is 0 Å². The first-order chi connectivity index (χ1) is 9.99. The van der Waals surface area contributed by atoms with Crippen molar-refractivity contribution in [3.05, 3.63) is 39.4 Å². The number of hydrogen-bond acceptors (Lipinski definition) is 6. The van der Waals surface area contributed by atoms with Gasteiger partial charge in [-0.2, -0.15) is 5.26 Å². The maximum absolute atomic E-state index is 11.7. The molecule has 0 unspecified atom stereocenters. The first-order valence-corrected chi connectivity index (χ1v) is 5.84. The highest BCUT2D eigenvalue weighted by Crippen LogP contribution is 2.24. The fourth-order valence-corrected chi connectivity index (χ4v) is 1.44. The number of nitrogens with one attached hydrogen (secondary N) is 1. The molecule has 1 aromatic carbocycles. The van der Waals surface area contributed by atoms with E-state index in [1.165, 1.54) is 19.3 Å². The van der Waals surface area contributed by atoms with Gasteiger partial charge < -0.3 is 15.2 Å². The van der Waals surface area contributed by atoms with Crippen molar-refractivity contribution in [3.8, 4) is 11.8 Å². The van der Waals surface area contributed by atoms with E-state index in [4.69, 9.17) is 10.00 Å². The zero-order valence-electron chi connectivity index (χ0n) is 11.2. The van der Waals surface area contributed by atoms with Crippen LogP contribution in [0.2, 0.25) is 0 Å². The fraction of sp³-hybridized carbons (Fsp3) is 0.231. The summed E-state index contributed by atoms with van der Waals surface area (Å²) in [6.07, 6.45) is 1.18. The molecule has 0 heterocycles. The first-order valence-electron chi connectivity index (χ1n) is 5.84. The summed E-state index contributed by atoms with van der Waals surface area (Å²) in [7, 11) is 1.47. The molecule has 0 aliphatic heterocycles. The van der Waals surface area contributed by atoms with Crippen molar-refractivity contribution in [2.75, 3.05) is 20.3 Å². The smallest absolute Gasteiger partial charge is 0.262 e. The minimum Gasteiger partial charge on any atom is -0.868 e. The third-order valence-electron chi connectivity index (χ3n) is 2.45. The Labute approximate surface area is 120 Å². The molecule has 0 bridgehead atoms. The number of nitrogens with zero attached hydrogens (tertiary/aromatic N) is 2. The molecule has 1 amide bonds. The Morgan fingerprint density at radius 1 is 1.57 bits per heavy atom. The fourth-order valence-electron chi connectivity index (χ4n) is 1.44. The predicted octanol–water partition coefficient (Wildman–Crippen LogP) is 0.338. The van der Waals surface area contributed by atoms with Crippen LogP contribution < -0.4 is 10.4 Å². The Morgan fingerprint density at radius 2 is 2.29 bits per heavy atom. The second-order valence-electron chi connectivity index (χ2n) is 3.90. The Bertz CT molecular complexity index is 619. The van der Waals surface area contributed by atoms with E-state index in [1.54, 1.807) is 6.07 Å². The van der Waals surface area contributed by atoms with E-state index in [0.29, 0.717) is 6.61 Å². The minimum absolute atomic E-state index is 0.222. The third kappa shape index (κ3) is 4.59. The molecular formula is C13H12N3O5-. The predicted molar refractivity (Wildman–Crippen MR) is 71.0 cm³/mol. The van der Waals surface area contributed by atoms with Gasteiger partial charge in [0.1, 0.15) is 11.6 Å². The van der Waals surface area contributed by atoms with Crippen LogP contribution in [0.25, 0.3) is 6.08 Å². The zero-order chi connectivity index (χ0) is 15.8. The lowest BCUT2D eigenvalue weighted by atomic mass is 10.1. The van der Waals surface area contributed by atoms with Crippen molar-refractivity contribution in [2.24, 2.45) is 0 Å². The summed E-state index contributed by atoms with van der Waals surface area (Å²) in [4.78, 5) is 21.5. The van der Waals surface area contributed by atoms with Gasteiger partial charge in [0.15, 0.2) is 0 Å². The van der Waals surface area contributed by atoms with Crippen LogP contribution in [0, 0.1) is 21.4 Å². The van der Waals surface area contributed by atoms with Gasteiger partial charge in [-0.1, -0.05) is 12.1 Å². The largest absolute Gasteiger partial charge is 0.868 e. The molecule has 8 nitrogen and oxygen atoms in total. The van der Waals surface area contributed by atoms with E-state index in [9.17, 15) is 20.0 Å². The maximum atomic E-state index is 11.7. The molecule has 0 spiro atoms. The van der Waals surface area contributed by atoms with Crippen LogP contribution in [0.1, 0.15) is 5.56 Å². The van der Waals surface area contributed by atoms with E-state index in [1.807, 2.05) is 0 Å². The van der Waals surface area contributed by atoms with Crippen molar-refractivity contribution >= 4 is 17.7 Å². The molecule has 1 aromatic rings. The number of nitriles is 1. The van der Waals surface area contributed by atoms with E-state index in [-0.39, 0.29) is 17.7 Å². The van der Waals surface area contributed by atoms with Gasteiger partial charge in [-0.3, -0.25) is 14.9 Å². The molecular weight excluding hydrogens is 278 g/mol. The lowest BCUT2D eigenvalue weighted by Crippen LogP contribution is -2.27. The SMILES string of the molecule is COCCNC(=O)/C(C#N)=C/c1ccc([O-])c([N+](=O)[O-])c1. The topological polar surface area (TPSA) is 128 Å². The van der Waals surface area contributed by atoms with Crippen LogP contribution in [-0.2, 0) is 9.53 Å². The summed E-state index contributed by atoms with van der Waals surface area (Å²) >= 11 is 0. The molecule has 110 valence electrons. The quantitative estimate of drug-likeness (QED) is 0.264. The van der Waals surface area contributed by atoms with Crippen LogP contribution in [0.5, 0.6) is 5.75 Å². The summed E-state index contributed by atoms with van der Waals surface area (Å²) in [5, 5.41) is 33.3. The standard InChI is InChI=1S/C13H13N3O5/c1-21-5-4-15-13(18)10(8-14)6-9-2-3-12(17)11(7-9)16(19)20/h2-3,6-7,17H,4-5H2,1H3,(H,15,18)/p-1/b10-6+. The number of rotatable bonds is 6. The number of nitro benzene ring substituents is 1. The maximum Gasteiger partial charge on any atom is 0.262 e. The van der Waals surface area contributed by atoms with Crippen molar-refractivity contribution in [1.82, 2.24) is 5.32 Å². The normalized spacial score (nSPS) is 10.8. The number of nitro groups is 1. The second kappa shape index (κ2) is 7.62. The highest BCUT2D eigenvalue weighted by atomic mass is 16.6. The highest BCUT2D eigenvalue weighted by Gasteiger charge is 2.11. The van der Waals surface area contributed by atoms with E-state index in [0.717, 1.165) is 12.1 Å². The summed E-state index contributed by atoms with van der Waals surface area (Å²) in [5.41, 5.74) is -0.611. The van der Waals surface area contributed by atoms with Gasteiger partial charge in [0.25, 0.3) is 11.6 Å². The van der Waals surface area contributed by atoms with Gasteiger partial charge in [0.2, 0.25) is 0 Å². The number of ether oxygens (including phenoxy) is 1. The molecule has 0 atom stereocenters. The van der Waals surface area contributed by atoms with Crippen molar-refractivity contribution < 1.29 is 19.6 Å². The Balaban J connectivity index is 2.98. The van der Waals surface area contributed by atoms with E-state index >= 15 is 0 Å². The number of benzene rings is 1. The van der Waals surface area contributed by atoms with Crippen LogP contribution in [-0.4, -0.2) is 31.1 Å². The molecule has 1 N–H and O–H groups in total. The highest BCUT2D eigenvalue weighted by molar-refractivity contribution is 6.01. The number of carbonyl (C=O) groups excluding carboxylic acids is 1. The number of methoxy groups -OCH3 is 1. The van der Waals surface area contributed by atoms with Gasteiger partial charge in [0, 0.05) is 19.7 Å². The number of carbonyl (C=O) groups is 1. The van der Waals surface area contributed by atoms with Crippen LogP contribution in [0.4, 0.5) is 5.69 Å². The van der Waals surface area contributed by atoms with Gasteiger partial charge in [0.05, 0.1) is 11.5 Å². The Morgan fingerprint density at radius 3 is 2.86 bits per heavy atom. The average Bonchev–Trinajstić information content (AvgIpc) is 2.46. The van der Waals surface area contributed by atoms with Crippen molar-refractivity contribution in [3.63, 3.8) is 0 Å². The van der Waals surface area contributed by atoms with Crippen molar-refractivity contribution in [1.29, 1.82) is 5.26 Å². The van der Waals surface area contributed by atoms with Crippen LogP contribution in [0.3, 0.4) is 0 Å². The molecule has 0 aromatic heterocycles. The molecule has 1 rings (SSSR count). The third-order valence-corrected chi connectivity index (χ3v) is 2.45. The molecule has 8 heteroatoms. The average molecular weight is 290 g/mol. The van der Waals surface area contributed by atoms with E-state index in [2.05, 4.69) is 5.32 Å². The molecule has 0 aliphatic carbocycles. The summed E-state index contributed by atoms with van der Waals surface area (Å²) in [6, 6.07) is 5.03. The lowest BCUT2D eigenvalue weighted by Gasteiger charge is -2.07. The summed E-state index contributed by atoms with van der Waals surface area (Å²) in [6.45, 7) is 0.523. The zero-order valence-corrected chi connectivity index (χ0v) is 11.2. The number of amides is 1. The Hall–Kier alpha value is -2.92. The van der Waals surface area contributed by atoms with Crippen LogP contribution in [0.15, 0.2) is 23.8 Å². The molecule has 21 heavy (non-hydrogen) atoms. The molecule has 0 fully saturated rings. The first kappa shape index (κ1) is 16.1. The Kier molecular flexibility index (Phi) is 5.85. The lowest BCUT2D eigenvalue weighted by molar-refractivity contribution is -0.398. The minimum atomic E-state index is -0.815. The molecule has 0 saturated heterocycles. The summed E-state index contributed by atoms with van der Waals surface area (Å²) in [5.74, 6) is -1.36. The molecule has 0 aliphatic rings. The monoisotopic (exact) mass is 290 g/mol. The summed E-state index contributed by atoms with van der Waals surface area (Å²) < 4.78 is 4.75. The van der Waals surface area contributed by atoms with Crippen molar-refractivity contribution in [2.45, 2.75) is 0 Å². The van der Waals surface area contributed by atoms with Gasteiger partial charge in [-0.05, 0) is 17.4 Å². The van der Waals surface area contributed by atoms with E-state index < -0.39 is 22.3 Å². The van der Waals surface area contributed by atoms with Gasteiger partial charge in [-0.15, -0.1) is 0 Å². The molecule has 0 saturated carbocycles. The van der Waals surface area contributed by atoms with Crippen LogP contribution >= 0.6 is 0 Å². The second-order valence-corrected chi connectivity index (χ2v) is 3.90. The van der Waals surface area contributed by atoms with Gasteiger partial charge >= 0.3 is 0 Å². The molecule has 0 radical (unpaired) electrons.